The van der Waals surface area contributed by atoms with E-state index < -0.39 is 0 Å². The van der Waals surface area contributed by atoms with Crippen molar-refractivity contribution in [2.45, 2.75) is 58.7 Å². The Labute approximate surface area is 122 Å². The molecule has 0 radical (unpaired) electrons. The zero-order valence-electron chi connectivity index (χ0n) is 12.8. The van der Waals surface area contributed by atoms with Crippen molar-refractivity contribution in [1.29, 1.82) is 5.26 Å². The van der Waals surface area contributed by atoms with Gasteiger partial charge in [0, 0.05) is 25.2 Å². The first-order valence-corrected chi connectivity index (χ1v) is 7.68. The van der Waals surface area contributed by atoms with Crippen molar-refractivity contribution in [3.63, 3.8) is 0 Å². The van der Waals surface area contributed by atoms with Gasteiger partial charge in [0.05, 0.1) is 11.3 Å². The second-order valence-corrected chi connectivity index (χ2v) is 5.90. The summed E-state index contributed by atoms with van der Waals surface area (Å²) in [5.74, 6) is 0. The van der Waals surface area contributed by atoms with E-state index in [0.29, 0.717) is 12.1 Å². The largest absolute Gasteiger partial charge is 0.367 e. The molecule has 1 heterocycles. The van der Waals surface area contributed by atoms with Crippen LogP contribution in [0, 0.1) is 11.3 Å². The van der Waals surface area contributed by atoms with Gasteiger partial charge in [0.1, 0.15) is 6.07 Å². The van der Waals surface area contributed by atoms with Gasteiger partial charge >= 0.3 is 0 Å². The molecule has 1 aliphatic rings. The first kappa shape index (κ1) is 14.9. The highest BCUT2D eigenvalue weighted by Crippen LogP contribution is 2.30. The van der Waals surface area contributed by atoms with E-state index in [4.69, 9.17) is 0 Å². The maximum Gasteiger partial charge on any atom is 0.101 e. The molecule has 108 valence electrons. The molecular formula is C17H25N3. The second-order valence-electron chi connectivity index (χ2n) is 5.90. The molecule has 1 atom stereocenters. The zero-order chi connectivity index (χ0) is 14.5. The van der Waals surface area contributed by atoms with Gasteiger partial charge in [-0.15, -0.1) is 0 Å². The first-order valence-electron chi connectivity index (χ1n) is 7.68. The fourth-order valence-corrected chi connectivity index (χ4v) is 2.93. The highest BCUT2D eigenvalue weighted by molar-refractivity contribution is 5.61. The van der Waals surface area contributed by atoms with Gasteiger partial charge in [-0.3, -0.25) is 0 Å². The summed E-state index contributed by atoms with van der Waals surface area (Å²) in [5, 5.41) is 12.8. The molecule has 0 amide bonds. The number of nitrogens with one attached hydrogen (secondary N) is 1. The summed E-state index contributed by atoms with van der Waals surface area (Å²) >= 11 is 0. The highest BCUT2D eigenvalue weighted by atomic mass is 15.2. The Morgan fingerprint density at radius 2 is 2.25 bits per heavy atom. The van der Waals surface area contributed by atoms with Crippen LogP contribution in [0.5, 0.6) is 0 Å². The lowest BCUT2D eigenvalue weighted by atomic mass is 10.1. The molecule has 1 saturated heterocycles. The number of nitrogens with zero attached hydrogens (tertiary/aromatic N) is 2. The minimum absolute atomic E-state index is 0.461. The van der Waals surface area contributed by atoms with E-state index in [0.717, 1.165) is 30.8 Å². The van der Waals surface area contributed by atoms with Gasteiger partial charge in [-0.1, -0.05) is 26.8 Å². The van der Waals surface area contributed by atoms with Crippen LogP contribution in [0.3, 0.4) is 0 Å². The van der Waals surface area contributed by atoms with E-state index in [1.807, 2.05) is 6.07 Å². The number of nitriles is 1. The predicted molar refractivity (Wildman–Crippen MR) is 83.8 cm³/mol. The molecule has 1 aromatic rings. The van der Waals surface area contributed by atoms with E-state index in [-0.39, 0.29) is 0 Å². The fourth-order valence-electron chi connectivity index (χ4n) is 2.93. The van der Waals surface area contributed by atoms with Crippen molar-refractivity contribution in [3.8, 4) is 6.07 Å². The van der Waals surface area contributed by atoms with E-state index in [9.17, 15) is 5.26 Å². The van der Waals surface area contributed by atoms with Crippen LogP contribution in [0.2, 0.25) is 0 Å². The summed E-state index contributed by atoms with van der Waals surface area (Å²) in [6.45, 7) is 8.40. The Balaban J connectivity index is 2.20. The van der Waals surface area contributed by atoms with Crippen LogP contribution in [0.1, 0.15) is 51.2 Å². The van der Waals surface area contributed by atoms with Crippen molar-refractivity contribution in [2.75, 3.05) is 11.4 Å². The Morgan fingerprint density at radius 3 is 2.90 bits per heavy atom. The molecule has 0 bridgehead atoms. The summed E-state index contributed by atoms with van der Waals surface area (Å²) in [7, 11) is 0. The molecule has 1 aromatic carbocycles. The van der Waals surface area contributed by atoms with Crippen molar-refractivity contribution < 1.29 is 0 Å². The molecule has 1 fully saturated rings. The molecule has 1 unspecified atom stereocenters. The highest BCUT2D eigenvalue weighted by Gasteiger charge is 2.24. The number of anilines is 1. The molecule has 0 aromatic heterocycles. The summed E-state index contributed by atoms with van der Waals surface area (Å²) in [6.07, 6.45) is 3.64. The number of hydrogen-bond acceptors (Lipinski definition) is 3. The number of rotatable bonds is 5. The lowest BCUT2D eigenvalue weighted by molar-refractivity contribution is 0.588. The lowest BCUT2D eigenvalue weighted by Gasteiger charge is -2.27. The van der Waals surface area contributed by atoms with Gasteiger partial charge in [-0.05, 0) is 37.0 Å². The quantitative estimate of drug-likeness (QED) is 0.891. The SMILES string of the molecule is CCC1CCCN1c1ccc(CNC(C)C)cc1C#N. The maximum atomic E-state index is 9.44. The van der Waals surface area contributed by atoms with Crippen LogP contribution in [0.4, 0.5) is 5.69 Å². The van der Waals surface area contributed by atoms with Crippen molar-refractivity contribution in [1.82, 2.24) is 5.32 Å². The Hall–Kier alpha value is -1.53. The Bertz CT molecular complexity index is 487. The third kappa shape index (κ3) is 3.32. The van der Waals surface area contributed by atoms with Crippen LogP contribution in [-0.4, -0.2) is 18.6 Å². The van der Waals surface area contributed by atoms with Crippen LogP contribution in [0.15, 0.2) is 18.2 Å². The molecule has 1 aliphatic heterocycles. The topological polar surface area (TPSA) is 39.1 Å². The van der Waals surface area contributed by atoms with Crippen molar-refractivity contribution in [2.24, 2.45) is 0 Å². The van der Waals surface area contributed by atoms with Gasteiger partial charge in [0.25, 0.3) is 0 Å². The molecule has 2 rings (SSSR count). The molecular weight excluding hydrogens is 246 g/mol. The molecule has 0 spiro atoms. The van der Waals surface area contributed by atoms with Crippen LogP contribution in [0.25, 0.3) is 0 Å². The minimum atomic E-state index is 0.461. The second kappa shape index (κ2) is 6.76. The standard InChI is InChI=1S/C17H25N3/c1-4-16-6-5-9-20(16)17-8-7-14(10-15(17)11-18)12-19-13(2)3/h7-8,10,13,16,19H,4-6,9,12H2,1-3H3. The molecule has 0 saturated carbocycles. The summed E-state index contributed by atoms with van der Waals surface area (Å²) in [6, 6.07) is 9.75. The monoisotopic (exact) mass is 271 g/mol. The van der Waals surface area contributed by atoms with Gasteiger partial charge in [-0.2, -0.15) is 5.26 Å². The molecule has 3 nitrogen and oxygen atoms in total. The van der Waals surface area contributed by atoms with E-state index in [2.05, 4.69) is 49.2 Å². The van der Waals surface area contributed by atoms with E-state index in [1.54, 1.807) is 0 Å². The Morgan fingerprint density at radius 1 is 1.45 bits per heavy atom. The maximum absolute atomic E-state index is 9.44. The van der Waals surface area contributed by atoms with Gasteiger partial charge in [0.15, 0.2) is 0 Å². The average Bonchev–Trinajstić information content (AvgIpc) is 2.92. The predicted octanol–water partition coefficient (Wildman–Crippen LogP) is 3.44. The zero-order valence-corrected chi connectivity index (χ0v) is 12.8. The lowest BCUT2D eigenvalue weighted by Crippen LogP contribution is -2.29. The van der Waals surface area contributed by atoms with E-state index >= 15 is 0 Å². The number of benzene rings is 1. The van der Waals surface area contributed by atoms with Crippen LogP contribution < -0.4 is 10.2 Å². The smallest absolute Gasteiger partial charge is 0.101 e. The van der Waals surface area contributed by atoms with Gasteiger partial charge in [-0.25, -0.2) is 0 Å². The Kier molecular flexibility index (Phi) is 5.03. The number of hydrogen-bond donors (Lipinski definition) is 1. The third-order valence-corrected chi connectivity index (χ3v) is 4.05. The van der Waals surface area contributed by atoms with Crippen LogP contribution >= 0.6 is 0 Å². The first-order chi connectivity index (χ1) is 9.65. The normalized spacial score (nSPS) is 18.6. The van der Waals surface area contributed by atoms with Gasteiger partial charge in [0.2, 0.25) is 0 Å². The van der Waals surface area contributed by atoms with Crippen molar-refractivity contribution in [3.05, 3.63) is 29.3 Å². The fraction of sp³-hybridized carbons (Fsp3) is 0.588. The van der Waals surface area contributed by atoms with Crippen LogP contribution in [-0.2, 0) is 6.54 Å². The summed E-state index contributed by atoms with van der Waals surface area (Å²) in [4.78, 5) is 2.41. The minimum Gasteiger partial charge on any atom is -0.367 e. The molecule has 0 aliphatic carbocycles. The van der Waals surface area contributed by atoms with Crippen molar-refractivity contribution >= 4 is 5.69 Å². The molecule has 3 heteroatoms. The third-order valence-electron chi connectivity index (χ3n) is 4.05. The molecule has 1 N–H and O–H groups in total. The summed E-state index contributed by atoms with van der Waals surface area (Å²) < 4.78 is 0. The summed E-state index contributed by atoms with van der Waals surface area (Å²) in [5.41, 5.74) is 3.12. The van der Waals surface area contributed by atoms with Gasteiger partial charge < -0.3 is 10.2 Å². The average molecular weight is 271 g/mol. The molecule has 20 heavy (non-hydrogen) atoms. The van der Waals surface area contributed by atoms with E-state index in [1.165, 1.54) is 18.4 Å².